The highest BCUT2D eigenvalue weighted by Gasteiger charge is 2.51. The van der Waals surface area contributed by atoms with Crippen LogP contribution < -0.4 is 5.32 Å². The van der Waals surface area contributed by atoms with E-state index in [0.717, 1.165) is 34.4 Å². The van der Waals surface area contributed by atoms with Gasteiger partial charge >= 0.3 is 0 Å². The molecule has 5 nitrogen and oxygen atoms in total. The zero-order valence-corrected chi connectivity index (χ0v) is 20.5. The molecule has 2 aromatic carbocycles. The average molecular weight is 473 g/mol. The van der Waals surface area contributed by atoms with Gasteiger partial charge in [-0.3, -0.25) is 9.36 Å². The summed E-state index contributed by atoms with van der Waals surface area (Å²) in [6.45, 7) is 2.00. The van der Waals surface area contributed by atoms with Gasteiger partial charge in [-0.2, -0.15) is 0 Å². The number of carbonyl (C=O) groups excluding carboxylic acids is 1. The van der Waals surface area contributed by atoms with Crippen LogP contribution in [-0.4, -0.2) is 31.5 Å². The van der Waals surface area contributed by atoms with Gasteiger partial charge in [-0.05, 0) is 80.9 Å². The fraction of sp³-hybridized carbons (Fsp3) is 0.464. The van der Waals surface area contributed by atoms with Crippen LogP contribution in [0.5, 0.6) is 0 Å². The topological polar surface area (TPSA) is 59.8 Å². The number of carbonyl (C=O) groups is 1. The van der Waals surface area contributed by atoms with Gasteiger partial charge in [0.05, 0.1) is 5.25 Å². The molecule has 4 bridgehead atoms. The summed E-state index contributed by atoms with van der Waals surface area (Å²) in [5.74, 6) is 3.47. The molecule has 3 aromatic rings. The quantitative estimate of drug-likeness (QED) is 0.466. The summed E-state index contributed by atoms with van der Waals surface area (Å²) >= 11 is 1.51. The van der Waals surface area contributed by atoms with Crippen LogP contribution in [-0.2, 0) is 11.2 Å². The van der Waals surface area contributed by atoms with Crippen LogP contribution in [0.2, 0.25) is 0 Å². The van der Waals surface area contributed by atoms with E-state index in [1.165, 1.54) is 55.9 Å². The molecular formula is C28H32N4OS. The number of hydrogen-bond donors (Lipinski definition) is 1. The molecule has 4 saturated carbocycles. The predicted octanol–water partition coefficient (Wildman–Crippen LogP) is 5.42. The van der Waals surface area contributed by atoms with E-state index in [1.54, 1.807) is 0 Å². The molecule has 4 fully saturated rings. The second-order valence-corrected chi connectivity index (χ2v) is 12.0. The monoisotopic (exact) mass is 472 g/mol. The van der Waals surface area contributed by atoms with Crippen LogP contribution in [0.4, 0.5) is 0 Å². The molecule has 0 radical (unpaired) electrons. The molecule has 0 aliphatic heterocycles. The van der Waals surface area contributed by atoms with Crippen LogP contribution in [0, 0.1) is 17.8 Å². The Morgan fingerprint density at radius 3 is 2.18 bits per heavy atom. The SMILES string of the molecule is CC(Sc1nnc(Cc2ccccc2)n1-c1ccccc1)C(=O)NC12CC3CC(CC(C3)C1)C2. The standard InChI is InChI=1S/C28H32N4OS/c1-19(26(33)29-28-16-21-12-22(17-28)14-23(13-21)18-28)34-27-31-30-25(15-20-8-4-2-5-9-20)32(27)24-10-6-3-7-11-24/h2-11,19,21-23H,12-18H2,1H3,(H,29,33). The van der Waals surface area contributed by atoms with E-state index in [0.29, 0.717) is 6.42 Å². The van der Waals surface area contributed by atoms with Crippen LogP contribution in [0.3, 0.4) is 0 Å². The van der Waals surface area contributed by atoms with Crippen molar-refractivity contribution in [3.05, 3.63) is 72.1 Å². The normalized spacial score (nSPS) is 28.1. The first-order chi connectivity index (χ1) is 16.6. The third kappa shape index (κ3) is 4.28. The fourth-order valence-corrected chi connectivity index (χ4v) is 7.83. The molecule has 4 aliphatic carbocycles. The molecule has 34 heavy (non-hydrogen) atoms. The van der Waals surface area contributed by atoms with E-state index < -0.39 is 0 Å². The third-order valence-electron chi connectivity index (χ3n) is 8.00. The number of nitrogens with zero attached hydrogens (tertiary/aromatic N) is 3. The summed E-state index contributed by atoms with van der Waals surface area (Å²) in [5, 5.41) is 13.1. The van der Waals surface area contributed by atoms with Crippen LogP contribution in [0.1, 0.15) is 56.8 Å². The van der Waals surface area contributed by atoms with Gasteiger partial charge in [0, 0.05) is 17.6 Å². The second-order valence-electron chi connectivity index (χ2n) is 10.7. The maximum Gasteiger partial charge on any atom is 0.233 e. The first-order valence-electron chi connectivity index (χ1n) is 12.6. The lowest BCUT2D eigenvalue weighted by molar-refractivity contribution is -0.126. The maximum atomic E-state index is 13.4. The van der Waals surface area contributed by atoms with Gasteiger partial charge in [-0.15, -0.1) is 10.2 Å². The number of thioether (sulfide) groups is 1. The van der Waals surface area contributed by atoms with Gasteiger partial charge in [-0.25, -0.2) is 0 Å². The van der Waals surface area contributed by atoms with Crippen molar-refractivity contribution in [2.45, 2.75) is 67.8 Å². The summed E-state index contributed by atoms with van der Waals surface area (Å²) in [7, 11) is 0. The molecule has 7 rings (SSSR count). The Kier molecular flexibility index (Phi) is 5.72. The highest BCUT2D eigenvalue weighted by atomic mass is 32.2. The van der Waals surface area contributed by atoms with E-state index in [9.17, 15) is 4.79 Å². The molecule has 0 saturated heterocycles. The van der Waals surface area contributed by atoms with Gasteiger partial charge in [0.15, 0.2) is 5.16 Å². The van der Waals surface area contributed by atoms with Crippen molar-refractivity contribution in [3.8, 4) is 5.69 Å². The minimum absolute atomic E-state index is 0.0340. The van der Waals surface area contributed by atoms with Gasteiger partial charge in [-0.1, -0.05) is 60.3 Å². The fourth-order valence-electron chi connectivity index (χ4n) is 6.94. The Morgan fingerprint density at radius 2 is 1.56 bits per heavy atom. The van der Waals surface area contributed by atoms with Gasteiger partial charge in [0.2, 0.25) is 5.91 Å². The number of benzene rings is 2. The van der Waals surface area contributed by atoms with Crippen LogP contribution in [0.15, 0.2) is 65.8 Å². The number of para-hydroxylation sites is 1. The van der Waals surface area contributed by atoms with Crippen molar-refractivity contribution in [2.75, 3.05) is 0 Å². The largest absolute Gasteiger partial charge is 0.350 e. The smallest absolute Gasteiger partial charge is 0.233 e. The Morgan fingerprint density at radius 1 is 0.971 bits per heavy atom. The maximum absolute atomic E-state index is 13.4. The molecule has 1 amide bonds. The number of nitrogens with one attached hydrogen (secondary N) is 1. The van der Waals surface area contributed by atoms with Gasteiger partial charge in [0.1, 0.15) is 5.82 Å². The highest BCUT2D eigenvalue weighted by Crippen LogP contribution is 2.55. The van der Waals surface area contributed by atoms with E-state index in [-0.39, 0.29) is 16.7 Å². The van der Waals surface area contributed by atoms with Crippen molar-refractivity contribution in [3.63, 3.8) is 0 Å². The van der Waals surface area contributed by atoms with E-state index >= 15 is 0 Å². The zero-order chi connectivity index (χ0) is 23.1. The predicted molar refractivity (Wildman–Crippen MR) is 135 cm³/mol. The Labute approximate surface area is 205 Å². The lowest BCUT2D eigenvalue weighted by atomic mass is 9.53. The summed E-state index contributed by atoms with van der Waals surface area (Å²) in [6, 6.07) is 20.5. The number of rotatable bonds is 7. The third-order valence-corrected chi connectivity index (χ3v) is 9.04. The van der Waals surface area contributed by atoms with Gasteiger partial charge in [0.25, 0.3) is 0 Å². The van der Waals surface area contributed by atoms with E-state index in [1.807, 2.05) is 43.3 Å². The lowest BCUT2D eigenvalue weighted by Crippen LogP contribution is -2.60. The first kappa shape index (κ1) is 21.9. The first-order valence-corrected chi connectivity index (χ1v) is 13.5. The Hall–Kier alpha value is -2.60. The number of amides is 1. The molecule has 1 aromatic heterocycles. The van der Waals surface area contributed by atoms with Crippen molar-refractivity contribution in [1.82, 2.24) is 20.1 Å². The molecule has 4 aliphatic rings. The van der Waals surface area contributed by atoms with Crippen LogP contribution in [0.25, 0.3) is 5.69 Å². The molecule has 1 heterocycles. The summed E-state index contributed by atoms with van der Waals surface area (Å²) in [6.07, 6.45) is 8.34. The van der Waals surface area contributed by atoms with Crippen molar-refractivity contribution < 1.29 is 4.79 Å². The zero-order valence-electron chi connectivity index (χ0n) is 19.7. The highest BCUT2D eigenvalue weighted by molar-refractivity contribution is 8.00. The molecule has 1 atom stereocenters. The van der Waals surface area contributed by atoms with Crippen molar-refractivity contribution in [2.24, 2.45) is 17.8 Å². The second kappa shape index (κ2) is 8.88. The van der Waals surface area contributed by atoms with E-state index in [2.05, 4.69) is 44.3 Å². The molecule has 1 unspecified atom stereocenters. The molecule has 0 spiro atoms. The summed E-state index contributed by atoms with van der Waals surface area (Å²) < 4.78 is 2.10. The average Bonchev–Trinajstić information content (AvgIpc) is 3.20. The molecule has 176 valence electrons. The van der Waals surface area contributed by atoms with Gasteiger partial charge < -0.3 is 5.32 Å². The Balaban J connectivity index is 1.22. The summed E-state index contributed by atoms with van der Waals surface area (Å²) in [4.78, 5) is 13.4. The molecule has 1 N–H and O–H groups in total. The molecular weight excluding hydrogens is 440 g/mol. The van der Waals surface area contributed by atoms with Crippen LogP contribution >= 0.6 is 11.8 Å². The number of aromatic nitrogens is 3. The van der Waals surface area contributed by atoms with Crippen molar-refractivity contribution >= 4 is 17.7 Å². The minimum atomic E-state index is -0.232. The van der Waals surface area contributed by atoms with Crippen molar-refractivity contribution in [1.29, 1.82) is 0 Å². The Bertz CT molecular complexity index is 1120. The lowest BCUT2D eigenvalue weighted by Gasteiger charge is -2.57. The van der Waals surface area contributed by atoms with E-state index in [4.69, 9.17) is 0 Å². The minimum Gasteiger partial charge on any atom is -0.350 e. The number of hydrogen-bond acceptors (Lipinski definition) is 4. The molecule has 6 heteroatoms. The summed E-state index contributed by atoms with van der Waals surface area (Å²) in [5.41, 5.74) is 2.25.